The summed E-state index contributed by atoms with van der Waals surface area (Å²) in [5.74, 6) is 2.01. The molecular weight excluding hydrogens is 374 g/mol. The van der Waals surface area contributed by atoms with Gasteiger partial charge in [0, 0.05) is 47.6 Å². The summed E-state index contributed by atoms with van der Waals surface area (Å²) in [6.07, 6.45) is 5.91. The van der Waals surface area contributed by atoms with Gasteiger partial charge in [-0.2, -0.15) is 0 Å². The number of carbonyl (C=O) groups excluding carboxylic acids is 1. The average molecular weight is 410 g/mol. The predicted octanol–water partition coefficient (Wildman–Crippen LogP) is 4.21. The molecule has 0 spiro atoms. The minimum Gasteiger partial charge on any atom is -0.365 e. The largest absolute Gasteiger partial charge is 0.365 e. The monoisotopic (exact) mass is 409 g/mol. The molecule has 1 aliphatic heterocycles. The molecule has 30 heavy (non-hydrogen) atoms. The third-order valence-electron chi connectivity index (χ3n) is 6.41. The second-order valence-corrected chi connectivity index (χ2v) is 9.26. The van der Waals surface area contributed by atoms with Gasteiger partial charge in [0.15, 0.2) is 0 Å². The van der Waals surface area contributed by atoms with Crippen molar-refractivity contribution in [3.8, 4) is 0 Å². The number of nitrogens with one attached hydrogen (secondary N) is 1. The first-order valence-corrected chi connectivity index (χ1v) is 10.9. The zero-order valence-electron chi connectivity index (χ0n) is 19.3. The van der Waals surface area contributed by atoms with Gasteiger partial charge in [-0.15, -0.1) is 0 Å². The van der Waals surface area contributed by atoms with Crippen molar-refractivity contribution in [1.82, 2.24) is 20.2 Å². The lowest BCUT2D eigenvalue weighted by Crippen LogP contribution is -2.40. The summed E-state index contributed by atoms with van der Waals surface area (Å²) in [5.41, 5.74) is 4.85. The quantitative estimate of drug-likeness (QED) is 0.434. The normalized spacial score (nSPS) is 19.1. The van der Waals surface area contributed by atoms with Crippen LogP contribution in [0.2, 0.25) is 0 Å². The molecule has 1 aliphatic carbocycles. The number of aryl methyl sites for hydroxylation is 2. The molecule has 0 aromatic carbocycles. The maximum atomic E-state index is 13.4. The van der Waals surface area contributed by atoms with E-state index in [2.05, 4.69) is 33.9 Å². The van der Waals surface area contributed by atoms with Crippen LogP contribution >= 0.6 is 0 Å². The Bertz CT molecular complexity index is 898. The Hall–Kier alpha value is -2.50. The third kappa shape index (κ3) is 4.79. The van der Waals surface area contributed by atoms with Crippen LogP contribution in [0.25, 0.3) is 0 Å². The number of hydrogen-bond donors (Lipinski definition) is 1. The molecule has 1 saturated heterocycles. The molecule has 1 N–H and O–H groups in total. The zero-order valence-corrected chi connectivity index (χ0v) is 19.3. The van der Waals surface area contributed by atoms with E-state index in [4.69, 9.17) is 0 Å². The van der Waals surface area contributed by atoms with Crippen LogP contribution in [0, 0.1) is 13.8 Å². The Balaban J connectivity index is 1.73. The van der Waals surface area contributed by atoms with E-state index in [0.29, 0.717) is 19.0 Å². The molecule has 3 rings (SSSR count). The van der Waals surface area contributed by atoms with Gasteiger partial charge in [-0.3, -0.25) is 4.79 Å². The van der Waals surface area contributed by atoms with Crippen LogP contribution < -0.4 is 5.32 Å². The zero-order chi connectivity index (χ0) is 22.1. The second kappa shape index (κ2) is 8.70. The molecule has 1 amide bonds. The van der Waals surface area contributed by atoms with Crippen LogP contribution in [0.15, 0.2) is 33.7 Å². The number of piperidine rings is 1. The minimum absolute atomic E-state index is 0.0795. The van der Waals surface area contributed by atoms with E-state index in [0.717, 1.165) is 65.3 Å². The lowest BCUT2D eigenvalue weighted by atomic mass is 9.93. The van der Waals surface area contributed by atoms with Crippen molar-refractivity contribution in [2.75, 3.05) is 13.1 Å². The molecule has 2 fully saturated rings. The topological polar surface area (TPSA) is 70.5 Å². The van der Waals surface area contributed by atoms with Crippen LogP contribution in [0.1, 0.15) is 76.4 Å². The molecule has 0 unspecified atom stereocenters. The van der Waals surface area contributed by atoms with Gasteiger partial charge in [0.25, 0.3) is 5.91 Å². The van der Waals surface area contributed by atoms with Gasteiger partial charge in [0.05, 0.1) is 0 Å². The Morgan fingerprint density at radius 2 is 1.87 bits per heavy atom. The molecule has 2 heterocycles. The summed E-state index contributed by atoms with van der Waals surface area (Å²) in [6.45, 7) is 17.3. The number of aromatic nitrogens is 2. The lowest BCUT2D eigenvalue weighted by Gasteiger charge is -2.33. The Morgan fingerprint density at radius 3 is 2.37 bits per heavy atom. The Kier molecular flexibility index (Phi) is 6.44. The summed E-state index contributed by atoms with van der Waals surface area (Å²) in [6, 6.07) is 0. The number of allylic oxidation sites excluding steroid dienone is 1. The van der Waals surface area contributed by atoms with Crippen molar-refractivity contribution in [3.05, 3.63) is 45.8 Å². The lowest BCUT2D eigenvalue weighted by molar-refractivity contribution is -0.128. The number of likely N-dealkylation sites (tertiary alicyclic amines) is 1. The van der Waals surface area contributed by atoms with Gasteiger partial charge in [-0.05, 0) is 79.5 Å². The SMILES string of the molecule is C=N/C(NC1(C)CC1)=C(\C)C(C(=O)N1CCC(c2ncc(C)c(C)n2)CC1)=C(C)C. The van der Waals surface area contributed by atoms with Gasteiger partial charge in [-0.1, -0.05) is 5.57 Å². The van der Waals surface area contributed by atoms with Gasteiger partial charge in [0.2, 0.25) is 0 Å². The van der Waals surface area contributed by atoms with Crippen LogP contribution in [-0.2, 0) is 4.79 Å². The van der Waals surface area contributed by atoms with E-state index in [1.54, 1.807) is 0 Å². The molecule has 0 bridgehead atoms. The maximum absolute atomic E-state index is 13.4. The highest BCUT2D eigenvalue weighted by Crippen LogP contribution is 2.36. The van der Waals surface area contributed by atoms with Crippen LogP contribution in [0.3, 0.4) is 0 Å². The fraction of sp³-hybridized carbons (Fsp3) is 0.583. The van der Waals surface area contributed by atoms with Crippen LogP contribution in [0.5, 0.6) is 0 Å². The molecule has 0 atom stereocenters. The van der Waals surface area contributed by atoms with E-state index in [1.165, 1.54) is 0 Å². The van der Waals surface area contributed by atoms with Gasteiger partial charge in [0.1, 0.15) is 11.6 Å². The second-order valence-electron chi connectivity index (χ2n) is 9.26. The molecule has 1 saturated carbocycles. The molecule has 0 radical (unpaired) electrons. The first kappa shape index (κ1) is 22.2. The van der Waals surface area contributed by atoms with Gasteiger partial charge < -0.3 is 10.2 Å². The highest BCUT2D eigenvalue weighted by molar-refractivity contribution is 5.98. The van der Waals surface area contributed by atoms with Crippen molar-refractivity contribution in [3.63, 3.8) is 0 Å². The van der Waals surface area contributed by atoms with Crippen molar-refractivity contribution >= 4 is 12.6 Å². The van der Waals surface area contributed by atoms with Gasteiger partial charge >= 0.3 is 0 Å². The number of rotatable bonds is 6. The molecule has 162 valence electrons. The fourth-order valence-electron chi connectivity index (χ4n) is 3.96. The molecule has 1 aromatic rings. The predicted molar refractivity (Wildman–Crippen MR) is 121 cm³/mol. The third-order valence-corrected chi connectivity index (χ3v) is 6.41. The van der Waals surface area contributed by atoms with E-state index < -0.39 is 0 Å². The molecule has 2 aliphatic rings. The molecule has 6 heteroatoms. The van der Waals surface area contributed by atoms with Crippen molar-refractivity contribution in [1.29, 1.82) is 0 Å². The van der Waals surface area contributed by atoms with Crippen molar-refractivity contribution < 1.29 is 4.79 Å². The number of aliphatic imine (C=N–C) groups is 1. The van der Waals surface area contributed by atoms with E-state index in [9.17, 15) is 4.79 Å². The summed E-state index contributed by atoms with van der Waals surface area (Å²) in [7, 11) is 0. The summed E-state index contributed by atoms with van der Waals surface area (Å²) >= 11 is 0. The molecule has 1 aromatic heterocycles. The summed E-state index contributed by atoms with van der Waals surface area (Å²) in [5, 5.41) is 3.48. The Labute approximate surface area is 180 Å². The van der Waals surface area contributed by atoms with Crippen molar-refractivity contribution in [2.45, 2.75) is 78.7 Å². The highest BCUT2D eigenvalue weighted by Gasteiger charge is 2.38. The maximum Gasteiger partial charge on any atom is 0.254 e. The van der Waals surface area contributed by atoms with E-state index in [-0.39, 0.29) is 11.4 Å². The van der Waals surface area contributed by atoms with E-state index in [1.807, 2.05) is 45.7 Å². The summed E-state index contributed by atoms with van der Waals surface area (Å²) < 4.78 is 0. The molecule has 6 nitrogen and oxygen atoms in total. The fourth-order valence-corrected chi connectivity index (χ4v) is 3.96. The number of hydrogen-bond acceptors (Lipinski definition) is 5. The van der Waals surface area contributed by atoms with Crippen molar-refractivity contribution in [2.24, 2.45) is 4.99 Å². The number of carbonyl (C=O) groups is 1. The summed E-state index contributed by atoms with van der Waals surface area (Å²) in [4.78, 5) is 28.8. The first-order chi connectivity index (χ1) is 14.1. The molecular formula is C24H35N5O. The standard InChI is InChI=1S/C24H35N5O/c1-15(2)20(17(4)21(25-7)28-24(6)10-11-24)23(30)29-12-8-19(9-13-29)22-26-14-16(3)18(5)27-22/h14,19,28H,7-13H2,1-6H3/b21-17-. The first-order valence-electron chi connectivity index (χ1n) is 10.9. The number of nitrogens with zero attached hydrogens (tertiary/aromatic N) is 4. The number of amides is 1. The smallest absolute Gasteiger partial charge is 0.254 e. The average Bonchev–Trinajstić information content (AvgIpc) is 3.45. The van der Waals surface area contributed by atoms with E-state index >= 15 is 0 Å². The minimum atomic E-state index is 0.0795. The van der Waals surface area contributed by atoms with Gasteiger partial charge in [-0.25, -0.2) is 15.0 Å². The Morgan fingerprint density at radius 1 is 1.23 bits per heavy atom. The van der Waals surface area contributed by atoms with Crippen LogP contribution in [0.4, 0.5) is 0 Å². The highest BCUT2D eigenvalue weighted by atomic mass is 16.2. The van der Waals surface area contributed by atoms with Crippen LogP contribution in [-0.4, -0.2) is 46.1 Å².